The minimum absolute atomic E-state index is 0.0395. The van der Waals surface area contributed by atoms with Gasteiger partial charge in [0.25, 0.3) is 0 Å². The number of nitrogens with zero attached hydrogens (tertiary/aromatic N) is 5. The monoisotopic (exact) mass is 496 g/mol. The van der Waals surface area contributed by atoms with Crippen molar-refractivity contribution in [3.05, 3.63) is 53.4 Å². The summed E-state index contributed by atoms with van der Waals surface area (Å²) < 4.78 is 5.47. The Bertz CT molecular complexity index is 1260. The van der Waals surface area contributed by atoms with Crippen molar-refractivity contribution in [1.29, 1.82) is 0 Å². The molecule has 1 saturated heterocycles. The number of urea groups is 1. The highest BCUT2D eigenvalue weighted by Gasteiger charge is 2.41. The Morgan fingerprint density at radius 3 is 2.91 bits per heavy atom. The summed E-state index contributed by atoms with van der Waals surface area (Å²) in [5.74, 6) is 1.25. The van der Waals surface area contributed by atoms with E-state index in [0.29, 0.717) is 34.6 Å². The molecule has 3 aromatic rings. The molecule has 2 amide bonds. The predicted octanol–water partition coefficient (Wildman–Crippen LogP) is 2.86. The molecule has 0 radical (unpaired) electrons. The number of amides is 2. The molecule has 182 valence electrons. The van der Waals surface area contributed by atoms with Crippen molar-refractivity contribution in [2.45, 2.75) is 25.5 Å². The average molecular weight is 497 g/mol. The van der Waals surface area contributed by atoms with Crippen LogP contribution in [0.4, 0.5) is 22.1 Å². The zero-order valence-corrected chi connectivity index (χ0v) is 19.8. The summed E-state index contributed by atoms with van der Waals surface area (Å²) in [5, 5.41) is 21.8. The smallest absolute Gasteiger partial charge is 0.329 e. The molecule has 5 rings (SSSR count). The van der Waals surface area contributed by atoms with E-state index in [1.165, 1.54) is 6.20 Å². The van der Waals surface area contributed by atoms with E-state index in [1.54, 1.807) is 23.2 Å². The summed E-state index contributed by atoms with van der Waals surface area (Å²) in [7, 11) is 0. The van der Waals surface area contributed by atoms with E-state index in [1.807, 2.05) is 25.1 Å². The zero-order valence-electron chi connectivity index (χ0n) is 19.1. The van der Waals surface area contributed by atoms with Crippen LogP contribution >= 0.6 is 11.6 Å². The topological polar surface area (TPSA) is 124 Å². The lowest BCUT2D eigenvalue weighted by Gasteiger charge is -2.36. The second-order valence-corrected chi connectivity index (χ2v) is 8.97. The number of aliphatic hydroxyl groups excluding tert-OH is 2. The van der Waals surface area contributed by atoms with Gasteiger partial charge in [0.2, 0.25) is 0 Å². The molecule has 0 saturated carbocycles. The van der Waals surface area contributed by atoms with Crippen LogP contribution in [0.1, 0.15) is 12.1 Å². The Labute approximate surface area is 207 Å². The summed E-state index contributed by atoms with van der Waals surface area (Å²) in [6.07, 6.45) is 3.02. The van der Waals surface area contributed by atoms with E-state index in [0.717, 1.165) is 29.9 Å². The molecule has 0 aliphatic carbocycles. The first-order valence-corrected chi connectivity index (χ1v) is 11.7. The maximum absolute atomic E-state index is 13.5. The van der Waals surface area contributed by atoms with Gasteiger partial charge >= 0.3 is 6.03 Å². The second kappa shape index (κ2) is 9.65. The van der Waals surface area contributed by atoms with E-state index in [-0.39, 0.29) is 18.7 Å². The number of halogens is 1. The summed E-state index contributed by atoms with van der Waals surface area (Å²) >= 11 is 6.63. The third-order valence-electron chi connectivity index (χ3n) is 6.04. The number of rotatable bonds is 6. The highest BCUT2D eigenvalue weighted by atomic mass is 35.5. The molecular weight excluding hydrogens is 472 g/mol. The van der Waals surface area contributed by atoms with Crippen molar-refractivity contribution >= 4 is 35.0 Å². The predicted molar refractivity (Wildman–Crippen MR) is 132 cm³/mol. The highest BCUT2D eigenvalue weighted by molar-refractivity contribution is 6.33. The molecule has 3 N–H and O–H groups in total. The Morgan fingerprint density at radius 1 is 1.29 bits per heavy atom. The van der Waals surface area contributed by atoms with Gasteiger partial charge in [-0.2, -0.15) is 0 Å². The van der Waals surface area contributed by atoms with Crippen LogP contribution in [0.15, 0.2) is 42.7 Å². The SMILES string of the molecule is Cc1cc(-c2nc3c(cc2Cl)N2CCC(C2)N3C(=O)Nc2cc(OC[C@H](O)CO)ccn2)ccn1. The third kappa shape index (κ3) is 4.72. The number of anilines is 3. The lowest BCUT2D eigenvalue weighted by Crippen LogP contribution is -2.48. The summed E-state index contributed by atoms with van der Waals surface area (Å²) in [4.78, 5) is 30.7. The Kier molecular flexibility index (Phi) is 6.42. The van der Waals surface area contributed by atoms with Gasteiger partial charge in [0.1, 0.15) is 24.3 Å². The van der Waals surface area contributed by atoms with Gasteiger partial charge < -0.3 is 19.8 Å². The molecular formula is C24H25ClN6O4. The number of fused-ring (bicyclic) bond motifs is 4. The third-order valence-corrected chi connectivity index (χ3v) is 6.33. The fourth-order valence-electron chi connectivity index (χ4n) is 4.37. The van der Waals surface area contributed by atoms with Gasteiger partial charge in [0, 0.05) is 42.8 Å². The quantitative estimate of drug-likeness (QED) is 0.476. The van der Waals surface area contributed by atoms with E-state index in [9.17, 15) is 9.90 Å². The normalized spacial score (nSPS) is 17.2. The average Bonchev–Trinajstić information content (AvgIpc) is 3.27. The van der Waals surface area contributed by atoms with Crippen LogP contribution in [0.2, 0.25) is 5.02 Å². The fourth-order valence-corrected chi connectivity index (χ4v) is 4.62. The molecule has 0 spiro atoms. The van der Waals surface area contributed by atoms with E-state index in [2.05, 4.69) is 20.2 Å². The largest absolute Gasteiger partial charge is 0.491 e. The number of ether oxygens (including phenoxy) is 1. The van der Waals surface area contributed by atoms with Crippen LogP contribution in [-0.2, 0) is 0 Å². The molecule has 35 heavy (non-hydrogen) atoms. The number of carbonyl (C=O) groups excluding carboxylic acids is 1. The molecule has 2 bridgehead atoms. The molecule has 11 heteroatoms. The lowest BCUT2D eigenvalue weighted by atomic mass is 10.1. The molecule has 0 aromatic carbocycles. The molecule has 3 aromatic heterocycles. The number of aryl methyl sites for hydroxylation is 1. The van der Waals surface area contributed by atoms with E-state index >= 15 is 0 Å². The lowest BCUT2D eigenvalue weighted by molar-refractivity contribution is 0.0536. The van der Waals surface area contributed by atoms with Crippen LogP contribution in [0.5, 0.6) is 5.75 Å². The van der Waals surface area contributed by atoms with Crippen molar-refractivity contribution in [2.75, 3.05) is 41.4 Å². The Balaban J connectivity index is 1.44. The van der Waals surface area contributed by atoms with Crippen LogP contribution in [0.3, 0.4) is 0 Å². The molecule has 5 heterocycles. The standard InChI is InChI=1S/C24H25ClN6O4/c1-14-8-15(2-5-26-14)22-19(25)10-20-23(29-22)31(16-4-7-30(20)11-16)24(34)28-21-9-18(3-6-27-21)35-13-17(33)12-32/h2-3,5-6,8-10,16-17,32-33H,4,7,11-13H2,1H3,(H,27,28,34)/t16?,17-/m1/s1. The first kappa shape index (κ1) is 23.3. The summed E-state index contributed by atoms with van der Waals surface area (Å²) in [5.41, 5.74) is 3.08. The number of hydrogen-bond acceptors (Lipinski definition) is 8. The number of hydrogen-bond donors (Lipinski definition) is 3. The van der Waals surface area contributed by atoms with Crippen molar-refractivity contribution in [2.24, 2.45) is 0 Å². The van der Waals surface area contributed by atoms with Gasteiger partial charge in [-0.25, -0.2) is 14.8 Å². The van der Waals surface area contributed by atoms with Gasteiger partial charge in [-0.15, -0.1) is 0 Å². The van der Waals surface area contributed by atoms with E-state index in [4.69, 9.17) is 26.4 Å². The van der Waals surface area contributed by atoms with Crippen LogP contribution in [-0.4, -0.2) is 69.6 Å². The fraction of sp³-hybridized carbons (Fsp3) is 0.333. The van der Waals surface area contributed by atoms with Gasteiger partial charge in [0.15, 0.2) is 5.82 Å². The first-order chi connectivity index (χ1) is 16.9. The number of nitrogens with one attached hydrogen (secondary N) is 1. The minimum Gasteiger partial charge on any atom is -0.491 e. The Morgan fingerprint density at radius 2 is 2.11 bits per heavy atom. The molecule has 2 aliphatic rings. The first-order valence-electron chi connectivity index (χ1n) is 11.3. The molecule has 2 aliphatic heterocycles. The van der Waals surface area contributed by atoms with Crippen molar-refractivity contribution in [3.8, 4) is 17.0 Å². The zero-order chi connectivity index (χ0) is 24.5. The summed E-state index contributed by atoms with van der Waals surface area (Å²) in [6, 6.07) is 8.40. The second-order valence-electron chi connectivity index (χ2n) is 8.56. The summed E-state index contributed by atoms with van der Waals surface area (Å²) in [6.45, 7) is 2.92. The minimum atomic E-state index is -0.993. The van der Waals surface area contributed by atoms with Crippen LogP contribution in [0, 0.1) is 6.92 Å². The van der Waals surface area contributed by atoms with Crippen molar-refractivity contribution in [1.82, 2.24) is 15.0 Å². The molecule has 10 nitrogen and oxygen atoms in total. The Hall–Kier alpha value is -3.47. The van der Waals surface area contributed by atoms with Gasteiger partial charge in [-0.3, -0.25) is 15.2 Å². The molecule has 1 unspecified atom stereocenters. The van der Waals surface area contributed by atoms with Gasteiger partial charge in [0.05, 0.1) is 29.1 Å². The maximum atomic E-state index is 13.5. The molecule has 2 atom stereocenters. The number of aromatic nitrogens is 3. The maximum Gasteiger partial charge on any atom is 0.329 e. The van der Waals surface area contributed by atoms with Crippen LogP contribution in [0.25, 0.3) is 11.3 Å². The highest BCUT2D eigenvalue weighted by Crippen LogP contribution is 2.43. The van der Waals surface area contributed by atoms with E-state index < -0.39 is 12.7 Å². The van der Waals surface area contributed by atoms with Crippen molar-refractivity contribution in [3.63, 3.8) is 0 Å². The number of pyridine rings is 3. The number of aliphatic hydroxyl groups is 2. The van der Waals surface area contributed by atoms with Crippen LogP contribution < -0.4 is 19.9 Å². The van der Waals surface area contributed by atoms with Gasteiger partial charge in [-0.05, 0) is 37.6 Å². The molecule has 1 fully saturated rings. The van der Waals surface area contributed by atoms with Gasteiger partial charge in [-0.1, -0.05) is 11.6 Å². The number of carbonyl (C=O) groups is 1. The van der Waals surface area contributed by atoms with Crippen molar-refractivity contribution < 1.29 is 19.7 Å².